The Hall–Kier alpha value is -3.66. The summed E-state index contributed by atoms with van der Waals surface area (Å²) in [5.74, 6) is 1.63. The summed E-state index contributed by atoms with van der Waals surface area (Å²) in [5.41, 5.74) is 3.82. The van der Waals surface area contributed by atoms with E-state index in [1.165, 1.54) is 0 Å². The van der Waals surface area contributed by atoms with Crippen molar-refractivity contribution in [3.63, 3.8) is 0 Å². The van der Waals surface area contributed by atoms with E-state index in [9.17, 15) is 0 Å². The standard InChI is InChI=1S/C23H18N2O2/c1-2-17-12-14-18(15-13-17)16-26-21-11-7-6-10-20(21)23-25-24-22(27-23)19-8-4-3-5-9-19/h2-15H,1,16H2. The van der Waals surface area contributed by atoms with Crippen LogP contribution in [0, 0.1) is 0 Å². The summed E-state index contributed by atoms with van der Waals surface area (Å²) in [6, 6.07) is 25.5. The minimum Gasteiger partial charge on any atom is -0.488 e. The van der Waals surface area contributed by atoms with Crippen molar-refractivity contribution in [2.45, 2.75) is 6.61 Å². The van der Waals surface area contributed by atoms with Gasteiger partial charge >= 0.3 is 0 Å². The van der Waals surface area contributed by atoms with E-state index in [0.29, 0.717) is 24.1 Å². The fourth-order valence-corrected chi connectivity index (χ4v) is 2.71. The van der Waals surface area contributed by atoms with Gasteiger partial charge in [-0.3, -0.25) is 0 Å². The van der Waals surface area contributed by atoms with Gasteiger partial charge in [0.05, 0.1) is 5.56 Å². The molecule has 0 atom stereocenters. The zero-order valence-electron chi connectivity index (χ0n) is 14.7. The van der Waals surface area contributed by atoms with E-state index in [0.717, 1.165) is 22.3 Å². The van der Waals surface area contributed by atoms with Gasteiger partial charge in [-0.25, -0.2) is 0 Å². The Balaban J connectivity index is 1.56. The van der Waals surface area contributed by atoms with Crippen molar-refractivity contribution in [1.82, 2.24) is 10.2 Å². The second-order valence-corrected chi connectivity index (χ2v) is 6.01. The Bertz CT molecular complexity index is 1040. The van der Waals surface area contributed by atoms with Crippen LogP contribution >= 0.6 is 0 Å². The highest BCUT2D eigenvalue weighted by atomic mass is 16.5. The number of nitrogens with zero attached hydrogens (tertiary/aromatic N) is 2. The van der Waals surface area contributed by atoms with Gasteiger partial charge in [-0.2, -0.15) is 0 Å². The van der Waals surface area contributed by atoms with E-state index in [-0.39, 0.29) is 0 Å². The number of benzene rings is 3. The van der Waals surface area contributed by atoms with Crippen molar-refractivity contribution in [2.75, 3.05) is 0 Å². The predicted molar refractivity (Wildman–Crippen MR) is 106 cm³/mol. The van der Waals surface area contributed by atoms with E-state index >= 15 is 0 Å². The lowest BCUT2D eigenvalue weighted by Crippen LogP contribution is -1.97. The van der Waals surface area contributed by atoms with Crippen molar-refractivity contribution >= 4 is 6.08 Å². The molecule has 132 valence electrons. The lowest BCUT2D eigenvalue weighted by atomic mass is 10.1. The van der Waals surface area contributed by atoms with Gasteiger partial charge in [0.25, 0.3) is 5.89 Å². The van der Waals surface area contributed by atoms with Gasteiger partial charge in [0.1, 0.15) is 12.4 Å². The minimum atomic E-state index is 0.437. The van der Waals surface area contributed by atoms with Crippen molar-refractivity contribution in [3.05, 3.63) is 96.6 Å². The zero-order valence-corrected chi connectivity index (χ0v) is 14.7. The molecule has 0 amide bonds. The van der Waals surface area contributed by atoms with Gasteiger partial charge in [0, 0.05) is 5.56 Å². The summed E-state index contributed by atoms with van der Waals surface area (Å²) >= 11 is 0. The van der Waals surface area contributed by atoms with Crippen molar-refractivity contribution in [3.8, 4) is 28.7 Å². The molecule has 0 aliphatic rings. The number of para-hydroxylation sites is 1. The molecule has 4 heteroatoms. The summed E-state index contributed by atoms with van der Waals surface area (Å²) in [5, 5.41) is 8.35. The van der Waals surface area contributed by atoms with Crippen LogP contribution in [0.1, 0.15) is 11.1 Å². The van der Waals surface area contributed by atoms with E-state index in [4.69, 9.17) is 9.15 Å². The molecule has 0 fully saturated rings. The van der Waals surface area contributed by atoms with Crippen LogP contribution in [0.3, 0.4) is 0 Å². The molecule has 0 radical (unpaired) electrons. The SMILES string of the molecule is C=Cc1ccc(COc2ccccc2-c2nnc(-c3ccccc3)o2)cc1. The molecule has 0 saturated carbocycles. The molecule has 4 rings (SSSR count). The van der Waals surface area contributed by atoms with Gasteiger partial charge in [-0.05, 0) is 35.4 Å². The van der Waals surface area contributed by atoms with E-state index in [2.05, 4.69) is 16.8 Å². The molecule has 4 aromatic rings. The molecule has 0 saturated heterocycles. The fraction of sp³-hybridized carbons (Fsp3) is 0.0435. The number of ether oxygens (including phenoxy) is 1. The summed E-state index contributed by atoms with van der Waals surface area (Å²) in [6.07, 6.45) is 1.82. The average molecular weight is 354 g/mol. The molecule has 4 nitrogen and oxygen atoms in total. The van der Waals surface area contributed by atoms with Crippen LogP contribution in [0.2, 0.25) is 0 Å². The van der Waals surface area contributed by atoms with Crippen LogP contribution in [0.4, 0.5) is 0 Å². The van der Waals surface area contributed by atoms with Crippen LogP contribution in [-0.2, 0) is 6.61 Å². The van der Waals surface area contributed by atoms with Gasteiger partial charge in [-0.1, -0.05) is 67.3 Å². The van der Waals surface area contributed by atoms with Crippen molar-refractivity contribution in [1.29, 1.82) is 0 Å². The van der Waals surface area contributed by atoms with Crippen LogP contribution < -0.4 is 4.74 Å². The molecular formula is C23H18N2O2. The molecule has 0 aliphatic heterocycles. The number of rotatable bonds is 6. The Morgan fingerprint density at radius 1 is 0.815 bits per heavy atom. The number of hydrogen-bond acceptors (Lipinski definition) is 4. The molecular weight excluding hydrogens is 336 g/mol. The summed E-state index contributed by atoms with van der Waals surface area (Å²) in [4.78, 5) is 0. The molecule has 3 aromatic carbocycles. The fourth-order valence-electron chi connectivity index (χ4n) is 2.71. The highest BCUT2D eigenvalue weighted by Crippen LogP contribution is 2.31. The maximum absolute atomic E-state index is 6.01. The summed E-state index contributed by atoms with van der Waals surface area (Å²) in [7, 11) is 0. The van der Waals surface area contributed by atoms with Crippen LogP contribution in [-0.4, -0.2) is 10.2 Å². The molecule has 27 heavy (non-hydrogen) atoms. The maximum atomic E-state index is 6.01. The van der Waals surface area contributed by atoms with Gasteiger partial charge < -0.3 is 9.15 Å². The first-order valence-corrected chi connectivity index (χ1v) is 8.66. The maximum Gasteiger partial charge on any atom is 0.251 e. The number of hydrogen-bond donors (Lipinski definition) is 0. The van der Waals surface area contributed by atoms with Gasteiger partial charge in [0.15, 0.2) is 0 Å². The summed E-state index contributed by atoms with van der Waals surface area (Å²) in [6.45, 7) is 4.22. The largest absolute Gasteiger partial charge is 0.488 e. The lowest BCUT2D eigenvalue weighted by molar-refractivity contribution is 0.306. The van der Waals surface area contributed by atoms with Crippen LogP contribution in [0.5, 0.6) is 5.75 Å². The van der Waals surface area contributed by atoms with Gasteiger partial charge in [-0.15, -0.1) is 10.2 Å². The Kier molecular flexibility index (Phi) is 4.79. The Labute approximate surface area is 157 Å². The van der Waals surface area contributed by atoms with Crippen molar-refractivity contribution < 1.29 is 9.15 Å². The Morgan fingerprint density at radius 3 is 2.30 bits per heavy atom. The molecule has 1 heterocycles. The first kappa shape index (κ1) is 16.8. The first-order valence-electron chi connectivity index (χ1n) is 8.66. The van der Waals surface area contributed by atoms with E-state index in [1.54, 1.807) is 0 Å². The van der Waals surface area contributed by atoms with Crippen LogP contribution in [0.15, 0.2) is 89.9 Å². The van der Waals surface area contributed by atoms with E-state index in [1.807, 2.05) is 84.9 Å². The molecule has 0 N–H and O–H groups in total. The molecule has 0 aliphatic carbocycles. The number of aromatic nitrogens is 2. The third kappa shape index (κ3) is 3.80. The smallest absolute Gasteiger partial charge is 0.251 e. The minimum absolute atomic E-state index is 0.437. The predicted octanol–water partition coefficient (Wildman–Crippen LogP) is 5.63. The molecule has 0 spiro atoms. The molecule has 0 bridgehead atoms. The second kappa shape index (κ2) is 7.70. The average Bonchev–Trinajstić information content (AvgIpc) is 3.23. The quantitative estimate of drug-likeness (QED) is 0.450. The van der Waals surface area contributed by atoms with Crippen LogP contribution in [0.25, 0.3) is 29.0 Å². The topological polar surface area (TPSA) is 48.2 Å². The highest BCUT2D eigenvalue weighted by Gasteiger charge is 2.14. The molecule has 1 aromatic heterocycles. The molecule has 0 unspecified atom stereocenters. The Morgan fingerprint density at radius 2 is 1.52 bits per heavy atom. The zero-order chi connectivity index (χ0) is 18.5. The van der Waals surface area contributed by atoms with E-state index < -0.39 is 0 Å². The lowest BCUT2D eigenvalue weighted by Gasteiger charge is -2.09. The summed E-state index contributed by atoms with van der Waals surface area (Å²) < 4.78 is 11.9. The first-order chi connectivity index (χ1) is 13.3. The van der Waals surface area contributed by atoms with Gasteiger partial charge in [0.2, 0.25) is 5.89 Å². The second-order valence-electron chi connectivity index (χ2n) is 6.01. The monoisotopic (exact) mass is 354 g/mol. The normalized spacial score (nSPS) is 10.5. The third-order valence-electron chi connectivity index (χ3n) is 4.17. The third-order valence-corrected chi connectivity index (χ3v) is 4.17. The highest BCUT2D eigenvalue weighted by molar-refractivity contribution is 5.64. The van der Waals surface area contributed by atoms with Crippen molar-refractivity contribution in [2.24, 2.45) is 0 Å².